The summed E-state index contributed by atoms with van der Waals surface area (Å²) in [6, 6.07) is 11.2. The maximum absolute atomic E-state index is 12.5. The number of ketones is 1. The van der Waals surface area contributed by atoms with Gasteiger partial charge >= 0.3 is 0 Å². The minimum Gasteiger partial charge on any atom is -0.493 e. The van der Waals surface area contributed by atoms with Crippen molar-refractivity contribution in [3.8, 4) is 5.75 Å². The zero-order valence-corrected chi connectivity index (χ0v) is 14.6. The van der Waals surface area contributed by atoms with E-state index >= 15 is 0 Å². The molecule has 0 amide bonds. The molecule has 0 spiro atoms. The van der Waals surface area contributed by atoms with E-state index in [1.165, 1.54) is 0 Å². The Balaban J connectivity index is 2.11. The Bertz CT molecular complexity index is 684. The van der Waals surface area contributed by atoms with Crippen LogP contribution in [-0.2, 0) is 0 Å². The average molecular weight is 352 g/mol. The molecule has 3 nitrogen and oxygen atoms in total. The highest BCUT2D eigenvalue weighted by Crippen LogP contribution is 2.26. The van der Waals surface area contributed by atoms with Gasteiger partial charge in [0.25, 0.3) is 0 Å². The Morgan fingerprint density at radius 1 is 1.09 bits per heavy atom. The van der Waals surface area contributed by atoms with E-state index in [2.05, 4.69) is 13.8 Å². The minimum absolute atomic E-state index is 0.182. The summed E-state index contributed by atoms with van der Waals surface area (Å²) in [4.78, 5) is 12.5. The van der Waals surface area contributed by atoms with Crippen molar-refractivity contribution < 1.29 is 9.53 Å². The summed E-state index contributed by atoms with van der Waals surface area (Å²) in [7, 11) is 0. The largest absolute Gasteiger partial charge is 0.493 e. The van der Waals surface area contributed by atoms with Crippen LogP contribution in [0.15, 0.2) is 42.5 Å². The molecule has 0 aliphatic rings. The number of Topliss-reactive ketones (excluding diaryl/α,β-unsaturated/α-hetero) is 1. The van der Waals surface area contributed by atoms with Gasteiger partial charge in [-0.25, -0.2) is 0 Å². The molecule has 0 saturated carbocycles. The maximum Gasteiger partial charge on any atom is 0.184 e. The molecule has 0 aliphatic heterocycles. The minimum atomic E-state index is -0.785. The summed E-state index contributed by atoms with van der Waals surface area (Å²) >= 11 is 11.9. The average Bonchev–Trinajstić information content (AvgIpc) is 2.54. The van der Waals surface area contributed by atoms with Gasteiger partial charge in [-0.1, -0.05) is 43.1 Å². The van der Waals surface area contributed by atoms with Crippen LogP contribution in [0.1, 0.15) is 35.8 Å². The quantitative estimate of drug-likeness (QED) is 0.752. The second-order valence-electron chi connectivity index (χ2n) is 5.74. The number of carbonyl (C=O) groups is 1. The van der Waals surface area contributed by atoms with Crippen molar-refractivity contribution in [1.82, 2.24) is 0 Å². The van der Waals surface area contributed by atoms with Gasteiger partial charge in [0.2, 0.25) is 0 Å². The number of nitrogens with two attached hydrogens (primary N) is 1. The second-order valence-corrected chi connectivity index (χ2v) is 6.56. The van der Waals surface area contributed by atoms with Crippen molar-refractivity contribution >= 4 is 29.0 Å². The highest BCUT2D eigenvalue weighted by Gasteiger charge is 2.18. The molecule has 2 N–H and O–H groups in total. The van der Waals surface area contributed by atoms with Crippen molar-refractivity contribution in [2.24, 2.45) is 11.7 Å². The number of carbonyl (C=O) groups excluding carboxylic acids is 1. The zero-order chi connectivity index (χ0) is 17.0. The van der Waals surface area contributed by atoms with Crippen LogP contribution in [0.3, 0.4) is 0 Å². The lowest BCUT2D eigenvalue weighted by atomic mass is 9.98. The van der Waals surface area contributed by atoms with Gasteiger partial charge in [-0.3, -0.25) is 4.79 Å². The lowest BCUT2D eigenvalue weighted by molar-refractivity contribution is 0.0961. The summed E-state index contributed by atoms with van der Waals surface area (Å²) in [6.07, 6.45) is 0. The van der Waals surface area contributed by atoms with Crippen molar-refractivity contribution in [3.05, 3.63) is 63.6 Å². The molecule has 0 fully saturated rings. The lowest BCUT2D eigenvalue weighted by Crippen LogP contribution is -2.21. The van der Waals surface area contributed by atoms with Gasteiger partial charge in [-0.05, 0) is 47.9 Å². The van der Waals surface area contributed by atoms with Gasteiger partial charge in [0.1, 0.15) is 5.75 Å². The molecule has 0 radical (unpaired) electrons. The zero-order valence-electron chi connectivity index (χ0n) is 13.1. The number of rotatable bonds is 6. The maximum atomic E-state index is 12.5. The summed E-state index contributed by atoms with van der Waals surface area (Å²) in [5.41, 5.74) is 7.20. The highest BCUT2D eigenvalue weighted by atomic mass is 35.5. The molecule has 2 rings (SSSR count). The van der Waals surface area contributed by atoms with E-state index in [-0.39, 0.29) is 5.78 Å². The molecular formula is C18H19Cl2NO2. The third kappa shape index (κ3) is 4.71. The van der Waals surface area contributed by atoms with Crippen molar-refractivity contribution in [3.63, 3.8) is 0 Å². The molecule has 0 bridgehead atoms. The Morgan fingerprint density at radius 2 is 1.74 bits per heavy atom. The fourth-order valence-corrected chi connectivity index (χ4v) is 2.32. The lowest BCUT2D eigenvalue weighted by Gasteiger charge is -2.13. The van der Waals surface area contributed by atoms with Gasteiger partial charge in [0.05, 0.1) is 22.7 Å². The first-order chi connectivity index (χ1) is 10.9. The van der Waals surface area contributed by atoms with E-state index in [9.17, 15) is 4.79 Å². The predicted molar refractivity (Wildman–Crippen MR) is 94.5 cm³/mol. The van der Waals surface area contributed by atoms with Crippen LogP contribution in [0.5, 0.6) is 5.75 Å². The fourth-order valence-electron chi connectivity index (χ4n) is 2.02. The predicted octanol–water partition coefficient (Wildman–Crippen LogP) is 4.91. The molecule has 1 atom stereocenters. The summed E-state index contributed by atoms with van der Waals surface area (Å²) in [5.74, 6) is 0.997. The van der Waals surface area contributed by atoms with Gasteiger partial charge in [-0.15, -0.1) is 0 Å². The molecule has 23 heavy (non-hydrogen) atoms. The number of hydrogen-bond donors (Lipinski definition) is 1. The third-order valence-corrected chi connectivity index (χ3v) is 4.05. The second kappa shape index (κ2) is 7.82. The van der Waals surface area contributed by atoms with E-state index in [1.807, 2.05) is 0 Å². The van der Waals surface area contributed by atoms with E-state index in [1.54, 1.807) is 42.5 Å². The highest BCUT2D eigenvalue weighted by molar-refractivity contribution is 6.42. The van der Waals surface area contributed by atoms with Crippen molar-refractivity contribution in [1.29, 1.82) is 0 Å². The van der Waals surface area contributed by atoms with Crippen LogP contribution >= 0.6 is 23.2 Å². The first kappa shape index (κ1) is 17.8. The fraction of sp³-hybridized carbons (Fsp3) is 0.278. The van der Waals surface area contributed by atoms with Crippen LogP contribution in [0.25, 0.3) is 0 Å². The van der Waals surface area contributed by atoms with Crippen LogP contribution in [0, 0.1) is 5.92 Å². The standard InChI is InChI=1S/C18H19Cl2NO2/c1-11(2)10-23-14-6-3-12(4-7-14)18(22)17(21)13-5-8-15(19)16(20)9-13/h3-9,11,17H,10,21H2,1-2H3. The van der Waals surface area contributed by atoms with E-state index in [0.717, 1.165) is 5.75 Å². The number of benzene rings is 2. The van der Waals surface area contributed by atoms with Gasteiger partial charge in [-0.2, -0.15) is 0 Å². The van der Waals surface area contributed by atoms with Gasteiger partial charge < -0.3 is 10.5 Å². The molecule has 122 valence electrons. The molecule has 0 aromatic heterocycles. The van der Waals surface area contributed by atoms with Crippen LogP contribution in [-0.4, -0.2) is 12.4 Å². The molecule has 1 unspecified atom stereocenters. The number of halogens is 2. The molecule has 0 saturated heterocycles. The SMILES string of the molecule is CC(C)COc1ccc(C(=O)C(N)c2ccc(Cl)c(Cl)c2)cc1. The number of hydrogen-bond acceptors (Lipinski definition) is 3. The Morgan fingerprint density at radius 3 is 2.30 bits per heavy atom. The molecule has 0 heterocycles. The normalized spacial score (nSPS) is 12.3. The van der Waals surface area contributed by atoms with E-state index in [0.29, 0.717) is 33.7 Å². The first-order valence-corrected chi connectivity index (χ1v) is 8.11. The van der Waals surface area contributed by atoms with Gasteiger partial charge in [0, 0.05) is 5.56 Å². The smallest absolute Gasteiger partial charge is 0.184 e. The van der Waals surface area contributed by atoms with Crippen LogP contribution in [0.2, 0.25) is 10.0 Å². The Hall–Kier alpha value is -1.55. The Labute approximate surface area is 146 Å². The molecule has 5 heteroatoms. The molecule has 0 aliphatic carbocycles. The van der Waals surface area contributed by atoms with Gasteiger partial charge in [0.15, 0.2) is 5.78 Å². The topological polar surface area (TPSA) is 52.3 Å². The summed E-state index contributed by atoms with van der Waals surface area (Å²) in [5, 5.41) is 0.812. The third-order valence-electron chi connectivity index (χ3n) is 3.31. The van der Waals surface area contributed by atoms with Crippen LogP contribution < -0.4 is 10.5 Å². The van der Waals surface area contributed by atoms with E-state index in [4.69, 9.17) is 33.7 Å². The van der Waals surface area contributed by atoms with Crippen molar-refractivity contribution in [2.45, 2.75) is 19.9 Å². The summed E-state index contributed by atoms with van der Waals surface area (Å²) < 4.78 is 5.60. The molecule has 2 aromatic carbocycles. The summed E-state index contributed by atoms with van der Waals surface area (Å²) in [6.45, 7) is 4.79. The van der Waals surface area contributed by atoms with E-state index < -0.39 is 6.04 Å². The number of ether oxygens (including phenoxy) is 1. The van der Waals surface area contributed by atoms with Crippen molar-refractivity contribution in [2.75, 3.05) is 6.61 Å². The molecule has 2 aromatic rings. The Kier molecular flexibility index (Phi) is 6.05. The monoisotopic (exact) mass is 351 g/mol. The van der Waals surface area contributed by atoms with Crippen LogP contribution in [0.4, 0.5) is 0 Å². The molecular weight excluding hydrogens is 333 g/mol. The first-order valence-electron chi connectivity index (χ1n) is 7.36.